The lowest BCUT2D eigenvalue weighted by Crippen LogP contribution is -2.40. The maximum absolute atomic E-state index is 12.6. The van der Waals surface area contributed by atoms with Crippen molar-refractivity contribution in [3.05, 3.63) is 0 Å². The van der Waals surface area contributed by atoms with E-state index < -0.39 is 21.6 Å². The molecular weight excluding hydrogens is 537 g/mol. The van der Waals surface area contributed by atoms with Gasteiger partial charge in [0.1, 0.15) is 11.5 Å². The van der Waals surface area contributed by atoms with Crippen molar-refractivity contribution in [1.82, 2.24) is 19.6 Å². The van der Waals surface area contributed by atoms with E-state index in [1.807, 2.05) is 25.7 Å². The van der Waals surface area contributed by atoms with Crippen molar-refractivity contribution >= 4 is 68.1 Å². The van der Waals surface area contributed by atoms with E-state index in [9.17, 15) is 18.0 Å². The van der Waals surface area contributed by atoms with Crippen LogP contribution in [0.1, 0.15) is 54.4 Å². The van der Waals surface area contributed by atoms with Gasteiger partial charge in [0.2, 0.25) is 5.91 Å². The zero-order valence-corrected chi connectivity index (χ0v) is 25.8. The molecule has 2 aliphatic rings. The van der Waals surface area contributed by atoms with E-state index in [1.165, 1.54) is 9.80 Å². The number of carbonyl (C=O) groups is 2. The second-order valence-electron chi connectivity index (χ2n) is 11.1. The molecule has 206 valence electrons. The molecule has 36 heavy (non-hydrogen) atoms. The monoisotopic (exact) mass is 578 g/mol. The van der Waals surface area contributed by atoms with Gasteiger partial charge in [-0.25, -0.2) is 4.79 Å². The molecule has 0 aliphatic carbocycles. The summed E-state index contributed by atoms with van der Waals surface area (Å²) in [4.78, 5) is 32.3. The van der Waals surface area contributed by atoms with Crippen molar-refractivity contribution in [1.29, 1.82) is 0 Å². The minimum Gasteiger partial charge on any atom is -0.342 e. The molecule has 2 atom stereocenters. The third-order valence-electron chi connectivity index (χ3n) is 6.74. The first-order valence-corrected chi connectivity index (χ1v) is 16.4. The lowest BCUT2D eigenvalue weighted by atomic mass is 9.89. The van der Waals surface area contributed by atoms with Gasteiger partial charge in [0.25, 0.3) is 0 Å². The summed E-state index contributed by atoms with van der Waals surface area (Å²) in [6.45, 7) is 15.4. The Balaban J connectivity index is 1.72. The zero-order valence-electron chi connectivity index (χ0n) is 22.5. The Hall–Kier alpha value is -0.980. The van der Waals surface area contributed by atoms with Crippen molar-refractivity contribution in [2.75, 3.05) is 62.3 Å². The fourth-order valence-corrected chi connectivity index (χ4v) is 8.37. The van der Waals surface area contributed by atoms with E-state index in [0.717, 1.165) is 23.1 Å². The Morgan fingerprint density at radius 1 is 0.750 bits per heavy atom. The van der Waals surface area contributed by atoms with Gasteiger partial charge in [-0.2, -0.15) is 0 Å². The van der Waals surface area contributed by atoms with Crippen LogP contribution in [-0.2, 0) is 26.4 Å². The molecule has 2 aliphatic heterocycles. The van der Waals surface area contributed by atoms with Gasteiger partial charge in [0.05, 0.1) is 6.54 Å². The minimum absolute atomic E-state index is 0.103. The molecule has 2 rings (SSSR count). The van der Waals surface area contributed by atoms with Crippen LogP contribution in [-0.4, -0.2) is 112 Å². The van der Waals surface area contributed by atoms with Gasteiger partial charge in [-0.15, -0.1) is 0 Å². The standard InChI is InChI=1S/C24H42N4O4S4/c1-7-25-15-19(29)27(21(25)30)17-23(3,4)9-11-35(31)13-14-36(32)12-10-24(5,6)18-28-20(33)16-26(8-2)22(28)34/h7-18H2,1-6H3. The SMILES string of the molecule is CCN1CC(=O)N(CC(C)(C)CCS(=O)CCS(=O)CCC(C)(C)CN2C(=S)CN(CC)C2=S)C1=O. The van der Waals surface area contributed by atoms with E-state index in [4.69, 9.17) is 24.4 Å². The lowest BCUT2D eigenvalue weighted by Gasteiger charge is -2.31. The first kappa shape index (κ1) is 31.2. The number of nitrogens with zero attached hydrogens (tertiary/aromatic N) is 4. The van der Waals surface area contributed by atoms with Gasteiger partial charge in [0.15, 0.2) is 5.11 Å². The van der Waals surface area contributed by atoms with Crippen molar-refractivity contribution in [3.63, 3.8) is 0 Å². The number of amides is 3. The Morgan fingerprint density at radius 3 is 1.64 bits per heavy atom. The third-order valence-corrected chi connectivity index (χ3v) is 10.5. The number of hydrogen-bond acceptors (Lipinski definition) is 6. The van der Waals surface area contributed by atoms with Crippen molar-refractivity contribution in [3.8, 4) is 0 Å². The normalized spacial score (nSPS) is 19.2. The van der Waals surface area contributed by atoms with E-state index in [2.05, 4.69) is 25.7 Å². The molecule has 0 bridgehead atoms. The van der Waals surface area contributed by atoms with Crippen LogP contribution in [0.5, 0.6) is 0 Å². The molecule has 2 saturated heterocycles. The fraction of sp³-hybridized carbons (Fsp3) is 0.833. The molecule has 0 aromatic heterocycles. The summed E-state index contributed by atoms with van der Waals surface area (Å²) in [7, 11) is -2.15. The molecule has 3 amide bonds. The van der Waals surface area contributed by atoms with Crippen LogP contribution >= 0.6 is 24.4 Å². The first-order valence-electron chi connectivity index (χ1n) is 12.6. The van der Waals surface area contributed by atoms with Gasteiger partial charge >= 0.3 is 6.03 Å². The molecule has 12 heteroatoms. The lowest BCUT2D eigenvalue weighted by molar-refractivity contribution is -0.126. The molecule has 0 aromatic rings. The predicted molar refractivity (Wildman–Crippen MR) is 156 cm³/mol. The number of imide groups is 1. The molecule has 0 aromatic carbocycles. The number of carbonyl (C=O) groups excluding carboxylic acids is 2. The van der Waals surface area contributed by atoms with Gasteiger partial charge in [-0.3, -0.25) is 18.1 Å². The van der Waals surface area contributed by atoms with Crippen LogP contribution < -0.4 is 0 Å². The van der Waals surface area contributed by atoms with Gasteiger partial charge in [0, 0.05) is 70.8 Å². The van der Waals surface area contributed by atoms with Crippen LogP contribution in [0.2, 0.25) is 0 Å². The quantitative estimate of drug-likeness (QED) is 0.217. The molecule has 2 fully saturated rings. The second-order valence-corrected chi connectivity index (χ2v) is 15.3. The summed E-state index contributed by atoms with van der Waals surface area (Å²) in [5.41, 5.74) is -0.438. The first-order chi connectivity index (χ1) is 16.7. The van der Waals surface area contributed by atoms with Crippen LogP contribution in [0.15, 0.2) is 0 Å². The molecular formula is C24H42N4O4S4. The van der Waals surface area contributed by atoms with E-state index in [0.29, 0.717) is 55.6 Å². The minimum atomic E-state index is -1.10. The second kappa shape index (κ2) is 13.2. The molecule has 0 saturated carbocycles. The van der Waals surface area contributed by atoms with Crippen molar-refractivity contribution in [2.24, 2.45) is 10.8 Å². The smallest absolute Gasteiger partial charge is 0.327 e. The molecule has 2 unspecified atom stereocenters. The summed E-state index contributed by atoms with van der Waals surface area (Å²) < 4.78 is 25.2. The summed E-state index contributed by atoms with van der Waals surface area (Å²) in [5, 5.41) is 0.774. The van der Waals surface area contributed by atoms with Crippen LogP contribution in [0.4, 0.5) is 4.79 Å². The average Bonchev–Trinajstić information content (AvgIpc) is 3.23. The Kier molecular flexibility index (Phi) is 11.4. The summed E-state index contributed by atoms with van der Waals surface area (Å²) in [6.07, 6.45) is 1.38. The van der Waals surface area contributed by atoms with E-state index in [-0.39, 0.29) is 29.3 Å². The summed E-state index contributed by atoms with van der Waals surface area (Å²) in [5.74, 6) is 1.63. The summed E-state index contributed by atoms with van der Waals surface area (Å²) >= 11 is 11.1. The summed E-state index contributed by atoms with van der Waals surface area (Å²) in [6, 6.07) is -0.244. The number of rotatable bonds is 15. The highest BCUT2D eigenvalue weighted by atomic mass is 32.2. The molecule has 0 radical (unpaired) electrons. The highest BCUT2D eigenvalue weighted by Gasteiger charge is 2.38. The van der Waals surface area contributed by atoms with E-state index in [1.54, 1.807) is 0 Å². The van der Waals surface area contributed by atoms with Gasteiger partial charge < -0.3 is 14.7 Å². The van der Waals surface area contributed by atoms with Crippen LogP contribution in [0, 0.1) is 10.8 Å². The van der Waals surface area contributed by atoms with Crippen LogP contribution in [0.25, 0.3) is 0 Å². The Morgan fingerprint density at radius 2 is 1.22 bits per heavy atom. The highest BCUT2D eigenvalue weighted by Crippen LogP contribution is 2.27. The largest absolute Gasteiger partial charge is 0.342 e. The fourth-order valence-electron chi connectivity index (χ4n) is 4.18. The third kappa shape index (κ3) is 8.80. The predicted octanol–water partition coefficient (Wildman–Crippen LogP) is 2.85. The topological polar surface area (TPSA) is 81.2 Å². The zero-order chi connectivity index (χ0) is 27.3. The van der Waals surface area contributed by atoms with Crippen LogP contribution in [0.3, 0.4) is 0 Å². The number of thiocarbonyl (C=S) groups is 2. The number of urea groups is 1. The van der Waals surface area contributed by atoms with Crippen molar-refractivity contribution < 1.29 is 18.0 Å². The van der Waals surface area contributed by atoms with Gasteiger partial charge in [-0.1, -0.05) is 39.9 Å². The maximum atomic E-state index is 12.6. The maximum Gasteiger partial charge on any atom is 0.327 e. The molecule has 0 spiro atoms. The van der Waals surface area contributed by atoms with Gasteiger partial charge in [-0.05, 0) is 49.7 Å². The molecule has 2 heterocycles. The number of likely N-dealkylation sites (N-methyl/N-ethyl adjacent to an activating group) is 2. The number of hydrogen-bond donors (Lipinski definition) is 0. The molecule has 8 nitrogen and oxygen atoms in total. The molecule has 0 N–H and O–H groups in total. The highest BCUT2D eigenvalue weighted by molar-refractivity contribution is 7.88. The average molecular weight is 579 g/mol. The Labute approximate surface area is 232 Å². The Bertz CT molecular complexity index is 837. The van der Waals surface area contributed by atoms with E-state index >= 15 is 0 Å². The van der Waals surface area contributed by atoms with Crippen molar-refractivity contribution in [2.45, 2.75) is 54.4 Å².